The second kappa shape index (κ2) is 14.0. The van der Waals surface area contributed by atoms with Gasteiger partial charge in [-0.3, -0.25) is 19.5 Å². The molecule has 46 heavy (non-hydrogen) atoms. The molecular formula is C32H30ClN5O6S2. The summed E-state index contributed by atoms with van der Waals surface area (Å²) < 4.78 is 12.8. The summed E-state index contributed by atoms with van der Waals surface area (Å²) in [6, 6.07) is 10.6. The molecule has 1 atom stereocenters. The zero-order chi connectivity index (χ0) is 33.1. The van der Waals surface area contributed by atoms with E-state index in [1.54, 1.807) is 43.3 Å². The highest BCUT2D eigenvalue weighted by molar-refractivity contribution is 7.99. The summed E-state index contributed by atoms with van der Waals surface area (Å²) in [5.41, 5.74) is 2.61. The summed E-state index contributed by atoms with van der Waals surface area (Å²) in [6.45, 7) is 7.48. The Hall–Kier alpha value is -4.33. The van der Waals surface area contributed by atoms with Gasteiger partial charge in [0.05, 0.1) is 39.3 Å². The molecule has 0 aliphatic carbocycles. The maximum Gasteiger partial charge on any atom is 0.338 e. The third-order valence-corrected chi connectivity index (χ3v) is 9.17. The van der Waals surface area contributed by atoms with Crippen molar-refractivity contribution in [3.8, 4) is 5.75 Å². The highest BCUT2D eigenvalue weighted by Gasteiger charge is 2.36. The number of aryl methyl sites for hydroxylation is 2. The Labute approximate surface area is 277 Å². The van der Waals surface area contributed by atoms with Crippen molar-refractivity contribution >= 4 is 52.4 Å². The van der Waals surface area contributed by atoms with E-state index < -0.39 is 22.5 Å². The Balaban J connectivity index is 1.69. The van der Waals surface area contributed by atoms with E-state index in [1.165, 1.54) is 17.7 Å². The SMILES string of the molecule is CCCC1=C(C(=O)OCC)[C@@H](c2cc(Cl)ccc2OC)n2c(s/c(=C\c3ccc(Sc4nc(C)cc(C)n4)c([N+](=O)[O-])c3)c2=O)=N1. The fourth-order valence-electron chi connectivity index (χ4n) is 5.18. The number of carbonyl (C=O) groups excluding carboxylic acids is 1. The van der Waals surface area contributed by atoms with Crippen LogP contribution in [-0.4, -0.2) is 39.1 Å². The van der Waals surface area contributed by atoms with Crippen LogP contribution in [0.3, 0.4) is 0 Å². The molecule has 3 heterocycles. The van der Waals surface area contributed by atoms with Gasteiger partial charge in [0, 0.05) is 28.0 Å². The maximum absolute atomic E-state index is 14.1. The van der Waals surface area contributed by atoms with Gasteiger partial charge in [0.25, 0.3) is 11.2 Å². The quantitative estimate of drug-likeness (QED) is 0.0893. The number of rotatable bonds is 10. The number of ether oxygens (including phenoxy) is 2. The van der Waals surface area contributed by atoms with Crippen LogP contribution in [-0.2, 0) is 9.53 Å². The van der Waals surface area contributed by atoms with Crippen LogP contribution in [0.5, 0.6) is 5.75 Å². The van der Waals surface area contributed by atoms with E-state index in [0.29, 0.717) is 55.3 Å². The van der Waals surface area contributed by atoms with Gasteiger partial charge in [0.1, 0.15) is 11.8 Å². The Morgan fingerprint density at radius 3 is 2.54 bits per heavy atom. The molecule has 1 aliphatic heterocycles. The number of thiazole rings is 1. The number of fused-ring (bicyclic) bond motifs is 1. The van der Waals surface area contributed by atoms with Crippen LogP contribution in [0.4, 0.5) is 5.69 Å². The number of carbonyl (C=O) groups is 1. The summed E-state index contributed by atoms with van der Waals surface area (Å²) in [5, 5.41) is 12.9. The molecule has 14 heteroatoms. The van der Waals surface area contributed by atoms with Crippen molar-refractivity contribution in [3.05, 3.63) is 111 Å². The minimum Gasteiger partial charge on any atom is -0.496 e. The zero-order valence-electron chi connectivity index (χ0n) is 25.7. The fraction of sp³-hybridized carbons (Fsp3) is 0.281. The number of aromatic nitrogens is 3. The van der Waals surface area contributed by atoms with Gasteiger partial charge < -0.3 is 9.47 Å². The molecule has 11 nitrogen and oxygen atoms in total. The van der Waals surface area contributed by atoms with E-state index in [9.17, 15) is 19.7 Å². The first-order chi connectivity index (χ1) is 22.0. The number of nitro groups is 1. The topological polar surface area (TPSA) is 139 Å². The number of methoxy groups -OCH3 is 1. The van der Waals surface area contributed by atoms with E-state index in [2.05, 4.69) is 9.97 Å². The normalized spacial score (nSPS) is 14.6. The summed E-state index contributed by atoms with van der Waals surface area (Å²) in [7, 11) is 1.50. The summed E-state index contributed by atoms with van der Waals surface area (Å²) in [6.07, 6.45) is 2.74. The zero-order valence-corrected chi connectivity index (χ0v) is 28.1. The van der Waals surface area contributed by atoms with E-state index in [0.717, 1.165) is 34.5 Å². The minimum absolute atomic E-state index is 0.133. The molecule has 4 aromatic rings. The van der Waals surface area contributed by atoms with Crippen LogP contribution in [0.15, 0.2) is 73.6 Å². The van der Waals surface area contributed by atoms with Gasteiger partial charge in [-0.1, -0.05) is 42.3 Å². The monoisotopic (exact) mass is 679 g/mol. The van der Waals surface area contributed by atoms with Crippen LogP contribution >= 0.6 is 34.7 Å². The second-order valence-corrected chi connectivity index (χ2v) is 12.8. The standard InChI is InChI=1S/C32H30ClN5O6S2/c1-6-8-22-27(30(40)44-7-2)28(21-16-20(33)10-11-24(21)43-5)37-29(39)26(46-32(37)36-22)15-19-9-12-25(23(14-19)38(41)42)45-31-34-17(3)13-18(4)35-31/h9-16,28H,6-8H2,1-5H3/b26-15-/t28-/m1/s1. The van der Waals surface area contributed by atoms with Gasteiger partial charge in [-0.15, -0.1) is 0 Å². The second-order valence-electron chi connectivity index (χ2n) is 10.3. The van der Waals surface area contributed by atoms with Crippen molar-refractivity contribution in [3.63, 3.8) is 0 Å². The van der Waals surface area contributed by atoms with Crippen LogP contribution in [0.1, 0.15) is 55.2 Å². The van der Waals surface area contributed by atoms with Crippen LogP contribution in [0, 0.1) is 24.0 Å². The van der Waals surface area contributed by atoms with E-state index in [-0.39, 0.29) is 22.4 Å². The number of allylic oxidation sites excluding steroid dienone is 1. The number of halogens is 1. The number of benzene rings is 2. The predicted octanol–water partition coefficient (Wildman–Crippen LogP) is 5.71. The molecule has 0 bridgehead atoms. The van der Waals surface area contributed by atoms with Crippen molar-refractivity contribution in [2.75, 3.05) is 13.7 Å². The predicted molar refractivity (Wildman–Crippen MR) is 176 cm³/mol. The third kappa shape index (κ3) is 6.76. The fourth-order valence-corrected chi connectivity index (χ4v) is 7.33. The average molecular weight is 680 g/mol. The van der Waals surface area contributed by atoms with E-state index >= 15 is 0 Å². The average Bonchev–Trinajstić information content (AvgIpc) is 3.30. The first-order valence-corrected chi connectivity index (χ1v) is 16.4. The molecule has 0 fully saturated rings. The Kier molecular flexibility index (Phi) is 10.0. The maximum atomic E-state index is 14.1. The lowest BCUT2D eigenvalue weighted by Gasteiger charge is -2.27. The van der Waals surface area contributed by atoms with Crippen LogP contribution in [0.2, 0.25) is 5.02 Å². The van der Waals surface area contributed by atoms with Crippen molar-refractivity contribution in [1.82, 2.24) is 14.5 Å². The molecule has 0 N–H and O–H groups in total. The molecule has 2 aromatic heterocycles. The lowest BCUT2D eigenvalue weighted by atomic mass is 9.93. The first kappa shape index (κ1) is 33.0. The molecule has 0 saturated heterocycles. The van der Waals surface area contributed by atoms with Gasteiger partial charge in [0.2, 0.25) is 0 Å². The molecule has 0 spiro atoms. The molecule has 0 unspecified atom stereocenters. The van der Waals surface area contributed by atoms with Gasteiger partial charge in [-0.05, 0) is 80.9 Å². The molecule has 0 amide bonds. The van der Waals surface area contributed by atoms with Crippen LogP contribution < -0.4 is 19.6 Å². The number of hydrogen-bond acceptors (Lipinski definition) is 11. The molecule has 238 valence electrons. The lowest BCUT2D eigenvalue weighted by Crippen LogP contribution is -2.40. The summed E-state index contributed by atoms with van der Waals surface area (Å²) >= 11 is 8.64. The Morgan fingerprint density at radius 2 is 1.89 bits per heavy atom. The first-order valence-electron chi connectivity index (χ1n) is 14.4. The van der Waals surface area contributed by atoms with Gasteiger partial charge in [-0.25, -0.2) is 19.8 Å². The Bertz CT molecular complexity index is 2050. The molecule has 1 aliphatic rings. The van der Waals surface area contributed by atoms with E-state index in [4.69, 9.17) is 26.1 Å². The van der Waals surface area contributed by atoms with Gasteiger partial charge in [-0.2, -0.15) is 0 Å². The molecular weight excluding hydrogens is 650 g/mol. The molecule has 0 radical (unpaired) electrons. The summed E-state index contributed by atoms with van der Waals surface area (Å²) in [5.74, 6) is -0.160. The number of esters is 1. The lowest BCUT2D eigenvalue weighted by molar-refractivity contribution is -0.387. The van der Waals surface area contributed by atoms with E-state index in [1.807, 2.05) is 26.8 Å². The molecule has 0 saturated carbocycles. The largest absolute Gasteiger partial charge is 0.496 e. The van der Waals surface area contributed by atoms with Gasteiger partial charge in [0.15, 0.2) is 9.96 Å². The van der Waals surface area contributed by atoms with Crippen molar-refractivity contribution in [1.29, 1.82) is 0 Å². The highest BCUT2D eigenvalue weighted by atomic mass is 35.5. The number of nitro benzene ring substituents is 1. The number of nitrogens with zero attached hydrogens (tertiary/aromatic N) is 5. The van der Waals surface area contributed by atoms with Crippen molar-refractivity contribution in [2.45, 2.75) is 56.6 Å². The van der Waals surface area contributed by atoms with Crippen molar-refractivity contribution < 1.29 is 19.2 Å². The number of hydrogen-bond donors (Lipinski definition) is 0. The third-order valence-electron chi connectivity index (χ3n) is 7.02. The van der Waals surface area contributed by atoms with Crippen molar-refractivity contribution in [2.24, 2.45) is 4.99 Å². The molecule has 2 aromatic carbocycles. The van der Waals surface area contributed by atoms with Gasteiger partial charge >= 0.3 is 5.97 Å². The molecule has 5 rings (SSSR count). The van der Waals surface area contributed by atoms with Crippen LogP contribution in [0.25, 0.3) is 6.08 Å². The smallest absolute Gasteiger partial charge is 0.338 e. The Morgan fingerprint density at radius 1 is 1.15 bits per heavy atom. The minimum atomic E-state index is -0.932. The summed E-state index contributed by atoms with van der Waals surface area (Å²) in [4.78, 5) is 53.5. The highest BCUT2D eigenvalue weighted by Crippen LogP contribution is 2.38.